The van der Waals surface area contributed by atoms with E-state index < -0.39 is 0 Å². The van der Waals surface area contributed by atoms with Crippen LogP contribution in [0.3, 0.4) is 0 Å². The van der Waals surface area contributed by atoms with E-state index >= 15 is 0 Å². The number of hydrogen-bond donors (Lipinski definition) is 0. The van der Waals surface area contributed by atoms with Gasteiger partial charge in [-0.1, -0.05) is 231 Å². The van der Waals surface area contributed by atoms with Gasteiger partial charge in [-0.3, -0.25) is 0 Å². The average molecular weight is 921 g/mol. The molecule has 12 aromatic rings. The third kappa shape index (κ3) is 9.36. The van der Waals surface area contributed by atoms with Crippen LogP contribution in [0.2, 0.25) is 0 Å². The minimum absolute atomic E-state index is 0.600. The van der Waals surface area contributed by atoms with Gasteiger partial charge in [0.25, 0.3) is 0 Å². The Morgan fingerprint density at radius 1 is 0.125 bits per heavy atom. The second kappa shape index (κ2) is 19.7. The summed E-state index contributed by atoms with van der Waals surface area (Å²) in [6.45, 7) is 0. The molecule has 0 aliphatic heterocycles. The van der Waals surface area contributed by atoms with Crippen molar-refractivity contribution in [2.24, 2.45) is 0 Å². The summed E-state index contributed by atoms with van der Waals surface area (Å²) < 4.78 is 0. The fraction of sp³-hybridized carbons (Fsp3) is 0. The lowest BCUT2D eigenvalue weighted by Gasteiger charge is -2.12. The van der Waals surface area contributed by atoms with E-state index in [0.717, 1.165) is 89.0 Å². The quantitative estimate of drug-likeness (QED) is 0.129. The van der Waals surface area contributed by atoms with Gasteiger partial charge in [0.15, 0.2) is 34.9 Å². The lowest BCUT2D eigenvalue weighted by Crippen LogP contribution is -2.00. The van der Waals surface area contributed by atoms with Gasteiger partial charge < -0.3 is 0 Å². The Hall–Kier alpha value is -9.78. The van der Waals surface area contributed by atoms with E-state index in [-0.39, 0.29) is 0 Å². The third-order valence-corrected chi connectivity index (χ3v) is 12.8. The Bertz CT molecular complexity index is 3700. The zero-order valence-corrected chi connectivity index (χ0v) is 39.1. The fourth-order valence-corrected chi connectivity index (χ4v) is 9.07. The number of aromatic nitrogens is 6. The van der Waals surface area contributed by atoms with Crippen molar-refractivity contribution >= 4 is 0 Å². The van der Waals surface area contributed by atoms with Gasteiger partial charge in [-0.2, -0.15) is 0 Å². The maximum absolute atomic E-state index is 5.18. The second-order valence-corrected chi connectivity index (χ2v) is 17.6. The van der Waals surface area contributed by atoms with Crippen LogP contribution in [0.4, 0.5) is 0 Å². The van der Waals surface area contributed by atoms with Gasteiger partial charge in [-0.15, -0.1) is 0 Å². The van der Waals surface area contributed by atoms with Crippen LogP contribution >= 0.6 is 0 Å². The Labute approximate surface area is 418 Å². The molecular formula is C66H44N6. The molecule has 0 aliphatic rings. The monoisotopic (exact) mass is 920 g/mol. The summed E-state index contributed by atoms with van der Waals surface area (Å²) in [6, 6.07) is 92.1. The van der Waals surface area contributed by atoms with Crippen molar-refractivity contribution in [1.82, 2.24) is 29.9 Å². The minimum Gasteiger partial charge on any atom is -0.208 e. The first-order valence-corrected chi connectivity index (χ1v) is 24.0. The Kier molecular flexibility index (Phi) is 11.9. The van der Waals surface area contributed by atoms with Gasteiger partial charge in [-0.25, -0.2) is 29.9 Å². The largest absolute Gasteiger partial charge is 0.208 e. The molecule has 0 spiro atoms. The summed E-state index contributed by atoms with van der Waals surface area (Å²) in [4.78, 5) is 30.4. The summed E-state index contributed by atoms with van der Waals surface area (Å²) in [5, 5.41) is 0. The summed E-state index contributed by atoms with van der Waals surface area (Å²) in [5.41, 5.74) is 16.5. The van der Waals surface area contributed by atoms with Crippen molar-refractivity contribution in [3.63, 3.8) is 0 Å². The van der Waals surface area contributed by atoms with E-state index in [0.29, 0.717) is 34.9 Å². The SMILES string of the molecule is c1ccc(-c2cccc(-c3nc(-c4cccc(-c5ccccc5)c4)nc(-c4cccc(-c5cccc(-c6cccc(-c7cccc(-c8nc(-c9ccccc9)nc(-c9ccccc9)n8)c7)c6)c5)c4)n3)c2)cc1. The molecule has 2 heterocycles. The van der Waals surface area contributed by atoms with Gasteiger partial charge in [0.05, 0.1) is 0 Å². The summed E-state index contributed by atoms with van der Waals surface area (Å²) in [6.07, 6.45) is 0. The van der Waals surface area contributed by atoms with E-state index in [2.05, 4.69) is 194 Å². The van der Waals surface area contributed by atoms with Crippen molar-refractivity contribution in [2.75, 3.05) is 0 Å². The smallest absolute Gasteiger partial charge is 0.164 e. The molecule has 0 saturated carbocycles. The van der Waals surface area contributed by atoms with Crippen molar-refractivity contribution in [2.45, 2.75) is 0 Å². The molecule has 0 saturated heterocycles. The molecule has 0 fully saturated rings. The first-order chi connectivity index (χ1) is 35.6. The van der Waals surface area contributed by atoms with Crippen molar-refractivity contribution in [3.8, 4) is 124 Å². The second-order valence-electron chi connectivity index (χ2n) is 17.6. The van der Waals surface area contributed by atoms with E-state index in [1.807, 2.05) is 72.8 Å². The van der Waals surface area contributed by atoms with Crippen molar-refractivity contribution in [3.05, 3.63) is 267 Å². The molecule has 0 N–H and O–H groups in total. The lowest BCUT2D eigenvalue weighted by molar-refractivity contribution is 1.07. The highest BCUT2D eigenvalue weighted by Gasteiger charge is 2.17. The molecule has 0 bridgehead atoms. The zero-order chi connectivity index (χ0) is 48.1. The van der Waals surface area contributed by atoms with Gasteiger partial charge in [0.1, 0.15) is 0 Å². The van der Waals surface area contributed by atoms with Crippen LogP contribution in [0.1, 0.15) is 0 Å². The fourth-order valence-electron chi connectivity index (χ4n) is 9.07. The minimum atomic E-state index is 0.600. The summed E-state index contributed by atoms with van der Waals surface area (Å²) >= 11 is 0. The highest BCUT2D eigenvalue weighted by Crippen LogP contribution is 2.35. The van der Waals surface area contributed by atoms with Crippen molar-refractivity contribution in [1.29, 1.82) is 0 Å². The molecule has 10 aromatic carbocycles. The average Bonchev–Trinajstić information content (AvgIpc) is 3.48. The maximum atomic E-state index is 5.18. The Morgan fingerprint density at radius 3 is 0.514 bits per heavy atom. The van der Waals surface area contributed by atoms with E-state index in [4.69, 9.17) is 29.9 Å². The topological polar surface area (TPSA) is 77.3 Å². The normalized spacial score (nSPS) is 11.1. The molecular weight excluding hydrogens is 877 g/mol. The molecule has 338 valence electrons. The summed E-state index contributed by atoms with van der Waals surface area (Å²) in [5.74, 6) is 3.71. The van der Waals surface area contributed by atoms with Gasteiger partial charge in [-0.05, 0) is 92.0 Å². The maximum Gasteiger partial charge on any atom is 0.164 e. The van der Waals surface area contributed by atoms with Crippen LogP contribution in [0.15, 0.2) is 267 Å². The van der Waals surface area contributed by atoms with E-state index in [1.54, 1.807) is 0 Å². The molecule has 6 nitrogen and oxygen atoms in total. The molecule has 0 amide bonds. The highest BCUT2D eigenvalue weighted by atomic mass is 15.0. The number of benzene rings is 10. The van der Waals surface area contributed by atoms with E-state index in [1.165, 1.54) is 0 Å². The molecule has 0 unspecified atom stereocenters. The Morgan fingerprint density at radius 2 is 0.278 bits per heavy atom. The number of hydrogen-bond acceptors (Lipinski definition) is 6. The number of nitrogens with zero attached hydrogens (tertiary/aromatic N) is 6. The van der Waals surface area contributed by atoms with Crippen molar-refractivity contribution < 1.29 is 0 Å². The molecule has 0 atom stereocenters. The highest BCUT2D eigenvalue weighted by molar-refractivity contribution is 5.81. The number of rotatable bonds is 11. The van der Waals surface area contributed by atoms with Crippen LogP contribution in [-0.2, 0) is 0 Å². The third-order valence-electron chi connectivity index (χ3n) is 12.8. The van der Waals surface area contributed by atoms with Gasteiger partial charge >= 0.3 is 0 Å². The van der Waals surface area contributed by atoms with Gasteiger partial charge in [0.2, 0.25) is 0 Å². The summed E-state index contributed by atoms with van der Waals surface area (Å²) in [7, 11) is 0. The molecule has 0 aliphatic carbocycles. The van der Waals surface area contributed by atoms with Crippen LogP contribution in [-0.4, -0.2) is 29.9 Å². The standard InChI is InChI=1S/C66H44N6/c1-5-19-45(20-6-1)49-27-15-35-57(41-49)64-70-65(58-36-16-28-50(42-58)46-21-7-2-8-22-46)72-66(71-64)60-38-18-34-56(44-60)54-32-14-30-52(40-54)51-29-13-31-53(39-51)55-33-17-37-59(43-55)63-68-61(47-23-9-3-10-24-47)67-62(69-63)48-25-11-4-12-26-48/h1-44H. The predicted molar refractivity (Wildman–Crippen MR) is 293 cm³/mol. The van der Waals surface area contributed by atoms with Gasteiger partial charge in [0, 0.05) is 33.4 Å². The zero-order valence-electron chi connectivity index (χ0n) is 39.1. The van der Waals surface area contributed by atoms with Crippen LogP contribution in [0, 0.1) is 0 Å². The van der Waals surface area contributed by atoms with Crippen LogP contribution in [0.25, 0.3) is 124 Å². The predicted octanol–water partition coefficient (Wildman–Crippen LogP) is 16.4. The molecule has 72 heavy (non-hydrogen) atoms. The lowest BCUT2D eigenvalue weighted by atomic mass is 9.95. The Balaban J connectivity index is 0.881. The first-order valence-electron chi connectivity index (χ1n) is 24.0. The van der Waals surface area contributed by atoms with Crippen LogP contribution in [0.5, 0.6) is 0 Å². The molecule has 0 radical (unpaired) electrons. The molecule has 2 aromatic heterocycles. The van der Waals surface area contributed by atoms with Crippen LogP contribution < -0.4 is 0 Å². The molecule has 6 heteroatoms. The molecule has 12 rings (SSSR count). The first kappa shape index (κ1) is 43.5. The van der Waals surface area contributed by atoms with E-state index in [9.17, 15) is 0 Å².